The molecular formula is C23H25ClN4O3S. The second-order valence-corrected chi connectivity index (χ2v) is 9.00. The fraction of sp³-hybridized carbons (Fsp3) is 0.304. The van der Waals surface area contributed by atoms with Gasteiger partial charge in [0, 0.05) is 13.1 Å². The Hall–Kier alpha value is -2.81. The normalized spacial score (nSPS) is 13.0. The molecule has 7 nitrogen and oxygen atoms in total. The van der Waals surface area contributed by atoms with Crippen molar-refractivity contribution in [2.45, 2.75) is 13.8 Å². The van der Waals surface area contributed by atoms with Crippen LogP contribution in [0.4, 0.5) is 5.13 Å². The molecule has 1 aliphatic heterocycles. The first-order valence-electron chi connectivity index (χ1n) is 10.0. The van der Waals surface area contributed by atoms with Gasteiger partial charge in [-0.1, -0.05) is 23.5 Å². The SMILES string of the molecule is Cc1cc2nc(N(CCN(C)C)C(=O)CN3C(=O)c4ccccc4C3=O)sc2cc1C.Cl. The quantitative estimate of drug-likeness (QED) is 0.513. The lowest BCUT2D eigenvalue weighted by molar-refractivity contribution is -0.119. The maximum Gasteiger partial charge on any atom is 0.262 e. The summed E-state index contributed by atoms with van der Waals surface area (Å²) in [5, 5.41) is 0.573. The van der Waals surface area contributed by atoms with E-state index in [2.05, 4.69) is 11.1 Å². The first-order valence-corrected chi connectivity index (χ1v) is 10.9. The van der Waals surface area contributed by atoms with E-state index in [1.807, 2.05) is 38.9 Å². The van der Waals surface area contributed by atoms with E-state index < -0.39 is 11.8 Å². The highest BCUT2D eigenvalue weighted by Gasteiger charge is 2.37. The molecule has 0 unspecified atom stereocenters. The Labute approximate surface area is 197 Å². The van der Waals surface area contributed by atoms with Crippen molar-refractivity contribution in [2.75, 3.05) is 38.6 Å². The molecule has 0 aliphatic carbocycles. The largest absolute Gasteiger partial charge is 0.308 e. The van der Waals surface area contributed by atoms with Gasteiger partial charge in [-0.3, -0.25) is 24.2 Å². The number of benzene rings is 2. The Morgan fingerprint density at radius 3 is 2.19 bits per heavy atom. The van der Waals surface area contributed by atoms with Gasteiger partial charge in [-0.15, -0.1) is 12.4 Å². The number of aromatic nitrogens is 1. The monoisotopic (exact) mass is 472 g/mol. The van der Waals surface area contributed by atoms with Gasteiger partial charge in [0.05, 0.1) is 21.3 Å². The zero-order chi connectivity index (χ0) is 22.3. The van der Waals surface area contributed by atoms with E-state index in [9.17, 15) is 14.4 Å². The molecule has 0 bridgehead atoms. The van der Waals surface area contributed by atoms with Crippen molar-refractivity contribution < 1.29 is 14.4 Å². The van der Waals surface area contributed by atoms with Gasteiger partial charge in [-0.05, 0) is 63.3 Å². The molecule has 0 saturated heterocycles. The molecule has 32 heavy (non-hydrogen) atoms. The second-order valence-electron chi connectivity index (χ2n) is 7.99. The molecule has 0 fully saturated rings. The number of carbonyl (C=O) groups is 3. The highest BCUT2D eigenvalue weighted by molar-refractivity contribution is 7.22. The molecule has 2 aromatic carbocycles. The Morgan fingerprint density at radius 1 is 1.00 bits per heavy atom. The van der Waals surface area contributed by atoms with Gasteiger partial charge < -0.3 is 4.90 Å². The third-order valence-electron chi connectivity index (χ3n) is 5.47. The predicted octanol–water partition coefficient (Wildman–Crippen LogP) is 3.53. The Balaban J connectivity index is 0.00000289. The summed E-state index contributed by atoms with van der Waals surface area (Å²) in [7, 11) is 3.86. The highest BCUT2D eigenvalue weighted by Crippen LogP contribution is 2.31. The van der Waals surface area contributed by atoms with Crippen LogP contribution in [0.25, 0.3) is 10.2 Å². The molecule has 1 aromatic heterocycles. The number of halogens is 1. The van der Waals surface area contributed by atoms with Crippen LogP contribution in [-0.4, -0.2) is 66.2 Å². The Bertz CT molecular complexity index is 1130. The lowest BCUT2D eigenvalue weighted by Gasteiger charge is -2.24. The fourth-order valence-corrected chi connectivity index (χ4v) is 4.60. The van der Waals surface area contributed by atoms with Crippen molar-refractivity contribution in [1.82, 2.24) is 14.8 Å². The van der Waals surface area contributed by atoms with E-state index in [1.54, 1.807) is 29.2 Å². The third-order valence-corrected chi connectivity index (χ3v) is 6.51. The topological polar surface area (TPSA) is 73.8 Å². The summed E-state index contributed by atoms with van der Waals surface area (Å²) in [6.45, 7) is 4.80. The summed E-state index contributed by atoms with van der Waals surface area (Å²) in [6.07, 6.45) is 0. The molecule has 168 valence electrons. The van der Waals surface area contributed by atoms with Crippen molar-refractivity contribution >= 4 is 56.8 Å². The molecule has 0 radical (unpaired) electrons. The van der Waals surface area contributed by atoms with Crippen LogP contribution in [-0.2, 0) is 4.79 Å². The number of thiazole rings is 1. The lowest BCUT2D eigenvalue weighted by Crippen LogP contribution is -2.45. The molecular weight excluding hydrogens is 448 g/mol. The number of aryl methyl sites for hydroxylation is 2. The van der Waals surface area contributed by atoms with Gasteiger partial charge in [0.2, 0.25) is 5.91 Å². The standard InChI is InChI=1S/C23H24N4O3S.ClH/c1-14-11-18-19(12-15(14)2)31-23(24-18)26(10-9-25(3)4)20(28)13-27-21(29)16-7-5-6-8-17(16)22(27)30;/h5-8,11-12H,9-10,13H2,1-4H3;1H. The zero-order valence-electron chi connectivity index (χ0n) is 18.4. The van der Waals surface area contributed by atoms with Gasteiger partial charge in [0.1, 0.15) is 6.54 Å². The summed E-state index contributed by atoms with van der Waals surface area (Å²) >= 11 is 1.44. The average Bonchev–Trinajstić information content (AvgIpc) is 3.22. The smallest absolute Gasteiger partial charge is 0.262 e. The van der Waals surface area contributed by atoms with Crippen LogP contribution in [0.2, 0.25) is 0 Å². The van der Waals surface area contributed by atoms with Crippen LogP contribution in [0.5, 0.6) is 0 Å². The molecule has 4 rings (SSSR count). The van der Waals surface area contributed by atoms with E-state index in [1.165, 1.54) is 16.9 Å². The van der Waals surface area contributed by atoms with E-state index in [4.69, 9.17) is 0 Å². The number of carbonyl (C=O) groups excluding carboxylic acids is 3. The Kier molecular flexibility index (Phi) is 6.97. The molecule has 2 heterocycles. The molecule has 0 atom stereocenters. The molecule has 9 heteroatoms. The maximum absolute atomic E-state index is 13.3. The lowest BCUT2D eigenvalue weighted by atomic mass is 10.1. The van der Waals surface area contributed by atoms with Crippen molar-refractivity contribution in [3.05, 3.63) is 58.7 Å². The molecule has 0 spiro atoms. The van der Waals surface area contributed by atoms with Crippen LogP contribution < -0.4 is 4.90 Å². The van der Waals surface area contributed by atoms with Gasteiger partial charge in [0.25, 0.3) is 11.8 Å². The van der Waals surface area contributed by atoms with Crippen LogP contribution in [0, 0.1) is 13.8 Å². The van der Waals surface area contributed by atoms with Crippen molar-refractivity contribution in [3.63, 3.8) is 0 Å². The van der Waals surface area contributed by atoms with Crippen LogP contribution in [0.3, 0.4) is 0 Å². The fourth-order valence-electron chi connectivity index (χ4n) is 3.51. The third kappa shape index (κ3) is 4.39. The first kappa shape index (κ1) is 23.8. The number of hydrogen-bond acceptors (Lipinski definition) is 6. The van der Waals surface area contributed by atoms with Crippen molar-refractivity contribution in [3.8, 4) is 0 Å². The number of fused-ring (bicyclic) bond motifs is 2. The van der Waals surface area contributed by atoms with Crippen LogP contribution in [0.1, 0.15) is 31.8 Å². The summed E-state index contributed by atoms with van der Waals surface area (Å²) < 4.78 is 1.00. The minimum absolute atomic E-state index is 0. The summed E-state index contributed by atoms with van der Waals surface area (Å²) in [5.74, 6) is -1.20. The van der Waals surface area contributed by atoms with Gasteiger partial charge >= 0.3 is 0 Å². The Morgan fingerprint density at radius 2 is 1.59 bits per heavy atom. The molecule has 0 saturated carbocycles. The van der Waals surface area contributed by atoms with Crippen molar-refractivity contribution in [1.29, 1.82) is 0 Å². The number of nitrogens with zero attached hydrogens (tertiary/aromatic N) is 4. The number of imide groups is 1. The van der Waals surface area contributed by atoms with Crippen LogP contribution in [0.15, 0.2) is 36.4 Å². The van der Waals surface area contributed by atoms with E-state index in [0.717, 1.165) is 20.7 Å². The molecule has 1 aliphatic rings. The minimum atomic E-state index is -0.433. The number of anilines is 1. The molecule has 0 N–H and O–H groups in total. The van der Waals surface area contributed by atoms with Gasteiger partial charge in [0.15, 0.2) is 5.13 Å². The van der Waals surface area contributed by atoms with E-state index in [0.29, 0.717) is 29.3 Å². The maximum atomic E-state index is 13.3. The predicted molar refractivity (Wildman–Crippen MR) is 129 cm³/mol. The zero-order valence-corrected chi connectivity index (χ0v) is 20.0. The average molecular weight is 473 g/mol. The van der Waals surface area contributed by atoms with Gasteiger partial charge in [-0.2, -0.15) is 0 Å². The van der Waals surface area contributed by atoms with Gasteiger partial charge in [-0.25, -0.2) is 4.98 Å². The van der Waals surface area contributed by atoms with E-state index in [-0.39, 0.29) is 24.9 Å². The number of amides is 3. The van der Waals surface area contributed by atoms with E-state index >= 15 is 0 Å². The number of rotatable bonds is 6. The molecule has 3 amide bonds. The summed E-state index contributed by atoms with van der Waals surface area (Å²) in [5.41, 5.74) is 3.82. The summed E-state index contributed by atoms with van der Waals surface area (Å²) in [6, 6.07) is 10.7. The first-order chi connectivity index (χ1) is 14.8. The highest BCUT2D eigenvalue weighted by atomic mass is 35.5. The second kappa shape index (κ2) is 9.36. The number of hydrogen-bond donors (Lipinski definition) is 0. The molecule has 3 aromatic rings. The summed E-state index contributed by atoms with van der Waals surface area (Å²) in [4.78, 5) is 48.0. The van der Waals surface area contributed by atoms with Crippen molar-refractivity contribution in [2.24, 2.45) is 0 Å². The minimum Gasteiger partial charge on any atom is -0.308 e. The number of likely N-dealkylation sites (N-methyl/N-ethyl adjacent to an activating group) is 1. The van der Waals surface area contributed by atoms with Crippen LogP contribution >= 0.6 is 23.7 Å².